The van der Waals surface area contributed by atoms with Crippen molar-refractivity contribution in [3.63, 3.8) is 0 Å². The first-order valence-electron chi connectivity index (χ1n) is 9.14. The number of urea groups is 1. The highest BCUT2D eigenvalue weighted by molar-refractivity contribution is 7.88. The van der Waals surface area contributed by atoms with E-state index in [1.807, 2.05) is 19.1 Å². The van der Waals surface area contributed by atoms with Crippen LogP contribution in [0.1, 0.15) is 5.69 Å². The van der Waals surface area contributed by atoms with E-state index in [9.17, 15) is 17.6 Å². The third-order valence-electron chi connectivity index (χ3n) is 4.86. The van der Waals surface area contributed by atoms with Crippen molar-refractivity contribution in [3.05, 3.63) is 36.3 Å². The van der Waals surface area contributed by atoms with Crippen LogP contribution in [-0.2, 0) is 10.0 Å². The summed E-state index contributed by atoms with van der Waals surface area (Å²) in [6.45, 7) is 1.49. The Morgan fingerprint density at radius 2 is 2.10 bits per heavy atom. The Balaban J connectivity index is 1.46. The van der Waals surface area contributed by atoms with E-state index >= 15 is 0 Å². The van der Waals surface area contributed by atoms with Crippen LogP contribution >= 0.6 is 0 Å². The summed E-state index contributed by atoms with van der Waals surface area (Å²) in [5, 5.41) is 13.0. The lowest BCUT2D eigenvalue weighted by Gasteiger charge is -2.15. The molecule has 3 aromatic rings. The predicted molar refractivity (Wildman–Crippen MR) is 109 cm³/mol. The number of anilines is 1. The smallest absolute Gasteiger partial charge is 0.320 e. The number of amides is 2. The van der Waals surface area contributed by atoms with E-state index in [4.69, 9.17) is 0 Å². The Bertz CT molecular complexity index is 1210. The molecule has 1 saturated heterocycles. The number of hydrogen-bond donors (Lipinski definition) is 3. The van der Waals surface area contributed by atoms with Crippen molar-refractivity contribution >= 4 is 32.8 Å². The second kappa shape index (κ2) is 7.61. The molecule has 2 amide bonds. The van der Waals surface area contributed by atoms with Crippen LogP contribution in [0.5, 0.6) is 0 Å². The van der Waals surface area contributed by atoms with Crippen LogP contribution < -0.4 is 10.6 Å². The predicted octanol–water partition coefficient (Wildman–Crippen LogP) is 1.43. The van der Waals surface area contributed by atoms with Gasteiger partial charge in [-0.2, -0.15) is 9.40 Å². The summed E-state index contributed by atoms with van der Waals surface area (Å²) in [6.07, 6.45) is 2.80. The van der Waals surface area contributed by atoms with Gasteiger partial charge in [0, 0.05) is 48.2 Å². The number of nitrogens with zero attached hydrogens (tertiary/aromatic N) is 4. The van der Waals surface area contributed by atoms with E-state index in [1.54, 1.807) is 18.5 Å². The van der Waals surface area contributed by atoms with Crippen LogP contribution in [0.3, 0.4) is 0 Å². The van der Waals surface area contributed by atoms with Gasteiger partial charge in [0.25, 0.3) is 0 Å². The molecule has 3 aromatic heterocycles. The maximum atomic E-state index is 14.1. The zero-order valence-electron chi connectivity index (χ0n) is 16.3. The number of fused-ring (bicyclic) bond motifs is 1. The number of aromatic amines is 1. The first-order chi connectivity index (χ1) is 14.2. The average molecular weight is 433 g/mol. The van der Waals surface area contributed by atoms with Crippen LogP contribution in [0.4, 0.5) is 15.0 Å². The van der Waals surface area contributed by atoms with Gasteiger partial charge in [-0.15, -0.1) is 0 Å². The second-order valence-corrected chi connectivity index (χ2v) is 9.16. The minimum atomic E-state index is -3.52. The van der Waals surface area contributed by atoms with Gasteiger partial charge in [0.1, 0.15) is 17.7 Å². The minimum absolute atomic E-state index is 0.116. The Labute approximate surface area is 172 Å². The van der Waals surface area contributed by atoms with Gasteiger partial charge in [-0.25, -0.2) is 22.6 Å². The van der Waals surface area contributed by atoms with Crippen LogP contribution in [0.15, 0.2) is 30.6 Å². The van der Waals surface area contributed by atoms with Crippen molar-refractivity contribution in [2.75, 3.05) is 24.7 Å². The van der Waals surface area contributed by atoms with E-state index in [0.29, 0.717) is 11.2 Å². The van der Waals surface area contributed by atoms with Gasteiger partial charge in [0.2, 0.25) is 10.0 Å². The molecule has 0 radical (unpaired) electrons. The number of carbonyl (C=O) groups is 1. The number of sulfonamides is 1. The summed E-state index contributed by atoms with van der Waals surface area (Å²) in [5.74, 6) is 0.245. The molecule has 158 valence electrons. The third-order valence-corrected chi connectivity index (χ3v) is 6.10. The molecule has 1 aliphatic heterocycles. The van der Waals surface area contributed by atoms with Crippen molar-refractivity contribution < 1.29 is 17.6 Å². The number of alkyl halides is 1. The number of carbonyl (C=O) groups excluding carboxylic acids is 1. The fourth-order valence-corrected chi connectivity index (χ4v) is 4.20. The molecule has 0 spiro atoms. The SMILES string of the molecule is Cc1cc(-c2n[nH]c3cc(NC(=O)N[C@@H]4CN(S(C)(=O)=O)C[C@H]4F)ncc23)ccn1. The number of halogens is 1. The van der Waals surface area contributed by atoms with Crippen molar-refractivity contribution in [1.82, 2.24) is 29.8 Å². The Hall–Kier alpha value is -3.12. The lowest BCUT2D eigenvalue weighted by molar-refractivity contribution is 0.239. The highest BCUT2D eigenvalue weighted by Crippen LogP contribution is 2.27. The zero-order chi connectivity index (χ0) is 21.5. The largest absolute Gasteiger partial charge is 0.331 e. The summed E-state index contributed by atoms with van der Waals surface area (Å²) in [4.78, 5) is 20.6. The van der Waals surface area contributed by atoms with E-state index in [0.717, 1.165) is 27.2 Å². The van der Waals surface area contributed by atoms with E-state index in [-0.39, 0.29) is 18.9 Å². The highest BCUT2D eigenvalue weighted by atomic mass is 32.2. The molecule has 1 fully saturated rings. The topological polar surface area (TPSA) is 133 Å². The molecule has 30 heavy (non-hydrogen) atoms. The summed E-state index contributed by atoms with van der Waals surface area (Å²) >= 11 is 0. The van der Waals surface area contributed by atoms with Gasteiger partial charge in [0.15, 0.2) is 0 Å². The van der Waals surface area contributed by atoms with Crippen molar-refractivity contribution in [2.45, 2.75) is 19.1 Å². The molecule has 0 aliphatic carbocycles. The number of hydrogen-bond acceptors (Lipinski definition) is 6. The molecule has 4 heterocycles. The molecule has 10 nitrogen and oxygen atoms in total. The molecule has 1 aliphatic rings. The quantitative estimate of drug-likeness (QED) is 0.570. The maximum absolute atomic E-state index is 14.1. The van der Waals surface area contributed by atoms with Crippen LogP contribution in [0.2, 0.25) is 0 Å². The number of aromatic nitrogens is 4. The highest BCUT2D eigenvalue weighted by Gasteiger charge is 2.38. The number of H-pyrrole nitrogens is 1. The maximum Gasteiger partial charge on any atom is 0.320 e. The molecule has 0 aromatic carbocycles. The van der Waals surface area contributed by atoms with E-state index in [2.05, 4.69) is 30.8 Å². The van der Waals surface area contributed by atoms with Crippen LogP contribution in [-0.4, -0.2) is 70.5 Å². The molecule has 12 heteroatoms. The molecule has 3 N–H and O–H groups in total. The molecule has 0 unspecified atom stereocenters. The summed E-state index contributed by atoms with van der Waals surface area (Å²) in [6, 6.07) is 3.76. The molecule has 4 rings (SSSR count). The van der Waals surface area contributed by atoms with Crippen molar-refractivity contribution in [2.24, 2.45) is 0 Å². The van der Waals surface area contributed by atoms with Crippen molar-refractivity contribution in [3.8, 4) is 11.3 Å². The summed E-state index contributed by atoms with van der Waals surface area (Å²) in [5.41, 5.74) is 3.13. The van der Waals surface area contributed by atoms with Gasteiger partial charge < -0.3 is 5.32 Å². The van der Waals surface area contributed by atoms with Gasteiger partial charge in [-0.05, 0) is 19.1 Å². The number of nitrogens with one attached hydrogen (secondary N) is 3. The first kappa shape index (κ1) is 20.2. The van der Waals surface area contributed by atoms with Gasteiger partial charge in [-0.3, -0.25) is 15.4 Å². The van der Waals surface area contributed by atoms with Crippen LogP contribution in [0, 0.1) is 6.92 Å². The van der Waals surface area contributed by atoms with Gasteiger partial charge in [-0.1, -0.05) is 0 Å². The molecule has 0 bridgehead atoms. The molecular weight excluding hydrogens is 413 g/mol. The van der Waals surface area contributed by atoms with Gasteiger partial charge >= 0.3 is 6.03 Å². The monoisotopic (exact) mass is 433 g/mol. The Morgan fingerprint density at radius 3 is 2.80 bits per heavy atom. The average Bonchev–Trinajstić information content (AvgIpc) is 3.25. The molecular formula is C18H20FN7O3S. The minimum Gasteiger partial charge on any atom is -0.331 e. The number of aryl methyl sites for hydroxylation is 1. The number of pyridine rings is 2. The Morgan fingerprint density at radius 1 is 1.30 bits per heavy atom. The second-order valence-electron chi connectivity index (χ2n) is 7.17. The third kappa shape index (κ3) is 4.09. The van der Waals surface area contributed by atoms with Crippen LogP contribution in [0.25, 0.3) is 22.2 Å². The van der Waals surface area contributed by atoms with E-state index in [1.165, 1.54) is 0 Å². The fraction of sp³-hybridized carbons (Fsp3) is 0.333. The Kier molecular flexibility index (Phi) is 5.12. The summed E-state index contributed by atoms with van der Waals surface area (Å²) in [7, 11) is -3.52. The zero-order valence-corrected chi connectivity index (χ0v) is 17.1. The van der Waals surface area contributed by atoms with Crippen molar-refractivity contribution in [1.29, 1.82) is 0 Å². The lowest BCUT2D eigenvalue weighted by Crippen LogP contribution is -2.43. The van der Waals surface area contributed by atoms with Gasteiger partial charge in [0.05, 0.1) is 17.8 Å². The van der Waals surface area contributed by atoms with E-state index < -0.39 is 28.3 Å². The molecule has 0 saturated carbocycles. The standard InChI is InChI=1S/C18H20FN7O3S/c1-10-5-11(3-4-20-10)17-12-7-21-16(6-14(12)24-25-17)23-18(27)22-15-9-26(8-13(15)19)30(2,28)29/h3-7,13,15H,8-9H2,1-2H3,(H,24,25)(H2,21,22,23,27)/t13-,15-/m1/s1. The molecule has 2 atom stereocenters. The number of rotatable bonds is 4. The normalized spacial score (nSPS) is 19.8. The lowest BCUT2D eigenvalue weighted by atomic mass is 10.1. The fourth-order valence-electron chi connectivity index (χ4n) is 3.35. The summed E-state index contributed by atoms with van der Waals surface area (Å²) < 4.78 is 38.2. The first-order valence-corrected chi connectivity index (χ1v) is 11.0.